The fourth-order valence-corrected chi connectivity index (χ4v) is 1.30. The molecular formula is C12H14O5. The van der Waals surface area contributed by atoms with Crippen LogP contribution in [0.4, 0.5) is 0 Å². The summed E-state index contributed by atoms with van der Waals surface area (Å²) in [4.78, 5) is 20.8. The molecule has 0 saturated carbocycles. The quantitative estimate of drug-likeness (QED) is 0.821. The van der Waals surface area contributed by atoms with Gasteiger partial charge in [0.25, 0.3) is 0 Å². The van der Waals surface area contributed by atoms with Crippen molar-refractivity contribution < 1.29 is 24.5 Å². The molecule has 0 radical (unpaired) electrons. The minimum absolute atomic E-state index is 0.0186. The summed E-state index contributed by atoms with van der Waals surface area (Å²) in [7, 11) is 0. The van der Waals surface area contributed by atoms with Gasteiger partial charge in [-0.25, -0.2) is 9.59 Å². The van der Waals surface area contributed by atoms with Gasteiger partial charge >= 0.3 is 11.9 Å². The van der Waals surface area contributed by atoms with Crippen LogP contribution in [0.2, 0.25) is 0 Å². The fraction of sp³-hybridized carbons (Fsp3) is 0.333. The Kier molecular flexibility index (Phi) is 5.16. The van der Waals surface area contributed by atoms with Gasteiger partial charge in [0.1, 0.15) is 0 Å². The number of carboxylic acids is 2. The van der Waals surface area contributed by atoms with Gasteiger partial charge in [-0.3, -0.25) is 0 Å². The summed E-state index contributed by atoms with van der Waals surface area (Å²) in [5.41, 5.74) is -0.0372. The zero-order valence-electron chi connectivity index (χ0n) is 9.26. The van der Waals surface area contributed by atoms with Crippen LogP contribution in [0.3, 0.4) is 0 Å². The van der Waals surface area contributed by atoms with E-state index in [4.69, 9.17) is 14.9 Å². The smallest absolute Gasteiger partial charge is 0.335 e. The largest absolute Gasteiger partial charge is 0.478 e. The molecule has 1 fully saturated rings. The SMILES string of the molecule is C1CCOC1.O=C(O)c1cccc(C(=O)O)c1. The Hall–Kier alpha value is -1.88. The highest BCUT2D eigenvalue weighted by Gasteiger charge is 2.06. The van der Waals surface area contributed by atoms with E-state index in [-0.39, 0.29) is 11.1 Å². The van der Waals surface area contributed by atoms with Crippen LogP contribution < -0.4 is 0 Å². The van der Waals surface area contributed by atoms with E-state index < -0.39 is 11.9 Å². The van der Waals surface area contributed by atoms with Crippen molar-refractivity contribution in [2.45, 2.75) is 12.8 Å². The van der Waals surface area contributed by atoms with E-state index in [1.54, 1.807) is 0 Å². The zero-order valence-corrected chi connectivity index (χ0v) is 9.26. The normalized spacial score (nSPS) is 13.6. The molecule has 0 aliphatic carbocycles. The van der Waals surface area contributed by atoms with Crippen molar-refractivity contribution in [3.8, 4) is 0 Å². The van der Waals surface area contributed by atoms with Crippen LogP contribution in [0.15, 0.2) is 24.3 Å². The lowest BCUT2D eigenvalue weighted by molar-refractivity contribution is 0.0696. The van der Waals surface area contributed by atoms with Gasteiger partial charge in [0.05, 0.1) is 11.1 Å². The van der Waals surface area contributed by atoms with E-state index in [2.05, 4.69) is 0 Å². The maximum Gasteiger partial charge on any atom is 0.335 e. The predicted octanol–water partition coefficient (Wildman–Crippen LogP) is 1.88. The van der Waals surface area contributed by atoms with Crippen molar-refractivity contribution in [1.82, 2.24) is 0 Å². The molecule has 1 saturated heterocycles. The first-order valence-corrected chi connectivity index (χ1v) is 5.25. The van der Waals surface area contributed by atoms with Crippen molar-refractivity contribution in [2.75, 3.05) is 13.2 Å². The predicted molar refractivity (Wildman–Crippen MR) is 60.4 cm³/mol. The first kappa shape index (κ1) is 13.2. The molecule has 1 aliphatic heterocycles. The first-order chi connectivity index (χ1) is 8.11. The van der Waals surface area contributed by atoms with Crippen LogP contribution in [0.25, 0.3) is 0 Å². The van der Waals surface area contributed by atoms with Crippen molar-refractivity contribution in [2.24, 2.45) is 0 Å². The Balaban J connectivity index is 0.000000239. The molecule has 1 aliphatic rings. The molecule has 2 rings (SSSR count). The second-order valence-corrected chi connectivity index (χ2v) is 3.51. The number of hydrogen-bond acceptors (Lipinski definition) is 3. The number of carbonyl (C=O) groups is 2. The summed E-state index contributed by atoms with van der Waals surface area (Å²) in [5.74, 6) is -2.25. The molecular weight excluding hydrogens is 224 g/mol. The number of carboxylic acid groups (broad SMARTS) is 2. The minimum atomic E-state index is -1.13. The Morgan fingerprint density at radius 1 is 1.00 bits per heavy atom. The number of hydrogen-bond donors (Lipinski definition) is 2. The average molecular weight is 238 g/mol. The molecule has 17 heavy (non-hydrogen) atoms. The van der Waals surface area contributed by atoms with Gasteiger partial charge in [-0.1, -0.05) is 6.07 Å². The third kappa shape index (κ3) is 4.65. The van der Waals surface area contributed by atoms with Crippen LogP contribution in [0.5, 0.6) is 0 Å². The van der Waals surface area contributed by atoms with E-state index in [9.17, 15) is 9.59 Å². The van der Waals surface area contributed by atoms with Crippen molar-refractivity contribution in [1.29, 1.82) is 0 Å². The van der Waals surface area contributed by atoms with Crippen LogP contribution in [-0.4, -0.2) is 35.4 Å². The molecule has 0 unspecified atom stereocenters. The third-order valence-electron chi connectivity index (χ3n) is 2.18. The maximum atomic E-state index is 10.4. The lowest BCUT2D eigenvalue weighted by Crippen LogP contribution is -2.01. The molecule has 0 spiro atoms. The Morgan fingerprint density at radius 3 is 1.76 bits per heavy atom. The highest BCUT2D eigenvalue weighted by Crippen LogP contribution is 2.04. The van der Waals surface area contributed by atoms with E-state index in [0.29, 0.717) is 0 Å². The summed E-state index contributed by atoms with van der Waals surface area (Å²) in [5, 5.41) is 17.0. The molecule has 0 amide bonds. The highest BCUT2D eigenvalue weighted by atomic mass is 16.5. The zero-order chi connectivity index (χ0) is 12.7. The molecule has 1 aromatic rings. The molecule has 5 nitrogen and oxygen atoms in total. The van der Waals surface area contributed by atoms with Crippen LogP contribution >= 0.6 is 0 Å². The molecule has 0 bridgehead atoms. The second-order valence-electron chi connectivity index (χ2n) is 3.51. The highest BCUT2D eigenvalue weighted by molar-refractivity contribution is 5.93. The molecule has 0 atom stereocenters. The van der Waals surface area contributed by atoms with Gasteiger partial charge in [-0.15, -0.1) is 0 Å². The van der Waals surface area contributed by atoms with Gasteiger partial charge < -0.3 is 14.9 Å². The summed E-state index contributed by atoms with van der Waals surface area (Å²) >= 11 is 0. The topological polar surface area (TPSA) is 83.8 Å². The monoisotopic (exact) mass is 238 g/mol. The van der Waals surface area contributed by atoms with Crippen molar-refractivity contribution >= 4 is 11.9 Å². The van der Waals surface area contributed by atoms with Gasteiger partial charge in [0.15, 0.2) is 0 Å². The third-order valence-corrected chi connectivity index (χ3v) is 2.18. The lowest BCUT2D eigenvalue weighted by Gasteiger charge is -1.95. The lowest BCUT2D eigenvalue weighted by atomic mass is 10.1. The molecule has 92 valence electrons. The van der Waals surface area contributed by atoms with E-state index in [0.717, 1.165) is 19.3 Å². The second kappa shape index (κ2) is 6.65. The van der Waals surface area contributed by atoms with E-state index in [1.165, 1.54) is 31.0 Å². The number of rotatable bonds is 2. The van der Waals surface area contributed by atoms with E-state index in [1.807, 2.05) is 0 Å². The first-order valence-electron chi connectivity index (χ1n) is 5.25. The average Bonchev–Trinajstić information content (AvgIpc) is 2.87. The molecule has 0 aromatic heterocycles. The molecule has 1 aromatic carbocycles. The van der Waals surface area contributed by atoms with Gasteiger partial charge in [0.2, 0.25) is 0 Å². The Morgan fingerprint density at radius 2 is 1.47 bits per heavy atom. The van der Waals surface area contributed by atoms with Gasteiger partial charge in [0, 0.05) is 13.2 Å². The Bertz CT molecular complexity index is 359. The van der Waals surface area contributed by atoms with Crippen molar-refractivity contribution in [3.05, 3.63) is 35.4 Å². The van der Waals surface area contributed by atoms with Gasteiger partial charge in [-0.2, -0.15) is 0 Å². The summed E-state index contributed by atoms with van der Waals surface area (Å²) < 4.78 is 4.94. The maximum absolute atomic E-state index is 10.4. The number of aromatic carboxylic acids is 2. The summed E-state index contributed by atoms with van der Waals surface area (Å²) in [6, 6.07) is 5.20. The van der Waals surface area contributed by atoms with Crippen LogP contribution in [0.1, 0.15) is 33.6 Å². The number of ether oxygens (including phenoxy) is 1. The van der Waals surface area contributed by atoms with Gasteiger partial charge in [-0.05, 0) is 31.0 Å². The standard InChI is InChI=1S/C8H6O4.C4H8O/c9-7(10)5-2-1-3-6(4-5)8(11)12;1-2-4-5-3-1/h1-4H,(H,9,10)(H,11,12);1-4H2. The van der Waals surface area contributed by atoms with E-state index >= 15 is 0 Å². The summed E-state index contributed by atoms with van der Waals surface area (Å²) in [6.07, 6.45) is 2.56. The van der Waals surface area contributed by atoms with Crippen LogP contribution in [0, 0.1) is 0 Å². The molecule has 1 heterocycles. The van der Waals surface area contributed by atoms with Crippen LogP contribution in [-0.2, 0) is 4.74 Å². The molecule has 2 N–H and O–H groups in total. The number of benzene rings is 1. The minimum Gasteiger partial charge on any atom is -0.478 e. The Labute approximate surface area is 98.6 Å². The summed E-state index contributed by atoms with van der Waals surface area (Å²) in [6.45, 7) is 2.00. The molecule has 5 heteroatoms. The van der Waals surface area contributed by atoms with Crippen molar-refractivity contribution in [3.63, 3.8) is 0 Å². The fourth-order valence-electron chi connectivity index (χ4n) is 1.30.